The Hall–Kier alpha value is -3.21. The van der Waals surface area contributed by atoms with E-state index in [1.54, 1.807) is 0 Å². The summed E-state index contributed by atoms with van der Waals surface area (Å²) in [4.78, 5) is 44.3. The second kappa shape index (κ2) is 7.73. The van der Waals surface area contributed by atoms with Crippen LogP contribution in [0.15, 0.2) is 54.6 Å². The summed E-state index contributed by atoms with van der Waals surface area (Å²) < 4.78 is 0. The fraction of sp³-hybridized carbons (Fsp3) is 0.370. The summed E-state index contributed by atoms with van der Waals surface area (Å²) in [7, 11) is 0. The third-order valence-corrected chi connectivity index (χ3v) is 7.19. The number of carbonyl (C=O) groups excluding carboxylic acids is 3. The van der Waals surface area contributed by atoms with E-state index in [2.05, 4.69) is 6.08 Å². The lowest BCUT2D eigenvalue weighted by Crippen LogP contribution is -2.49. The Bertz CT molecular complexity index is 1130. The number of rotatable bonds is 5. The molecule has 3 heterocycles. The summed E-state index contributed by atoms with van der Waals surface area (Å²) in [5.74, 6) is -1.61. The Morgan fingerprint density at radius 2 is 1.62 bits per heavy atom. The summed E-state index contributed by atoms with van der Waals surface area (Å²) >= 11 is 0. The number of amides is 2. The van der Waals surface area contributed by atoms with E-state index >= 15 is 0 Å². The first kappa shape index (κ1) is 20.7. The van der Waals surface area contributed by atoms with Crippen LogP contribution in [0.25, 0.3) is 5.57 Å². The third kappa shape index (κ3) is 2.94. The zero-order valence-corrected chi connectivity index (χ0v) is 18.7. The number of nitrogens with zero attached hydrogens (tertiary/aromatic N) is 2. The molecule has 3 aliphatic rings. The number of carbonyl (C=O) groups is 3. The van der Waals surface area contributed by atoms with Crippen LogP contribution in [0.4, 0.5) is 5.69 Å². The zero-order chi connectivity index (χ0) is 22.6. The smallest absolute Gasteiger partial charge is 0.235 e. The molecule has 3 aliphatic heterocycles. The van der Waals surface area contributed by atoms with Crippen LogP contribution >= 0.6 is 0 Å². The van der Waals surface area contributed by atoms with Gasteiger partial charge in [0.05, 0.1) is 17.9 Å². The van der Waals surface area contributed by atoms with Gasteiger partial charge in [-0.3, -0.25) is 19.3 Å². The van der Waals surface area contributed by atoms with Crippen LogP contribution in [0, 0.1) is 18.8 Å². The molecule has 0 aliphatic carbocycles. The third-order valence-electron chi connectivity index (χ3n) is 7.19. The average molecular weight is 429 g/mol. The number of Topliss-reactive ketones (excluding diaryl/α,β-unsaturated/α-hetero) is 1. The molecule has 0 bridgehead atoms. The highest BCUT2D eigenvalue weighted by atomic mass is 16.2. The van der Waals surface area contributed by atoms with Crippen LogP contribution in [0.3, 0.4) is 0 Å². The molecule has 0 spiro atoms. The minimum Gasteiger partial charge on any atom is -0.352 e. The number of benzene rings is 2. The van der Waals surface area contributed by atoms with Crippen LogP contribution in [0.2, 0.25) is 0 Å². The van der Waals surface area contributed by atoms with Crippen molar-refractivity contribution in [2.24, 2.45) is 11.8 Å². The van der Waals surface area contributed by atoms with E-state index in [0.29, 0.717) is 12.1 Å². The topological polar surface area (TPSA) is 57.7 Å². The number of anilines is 1. The first-order valence-electron chi connectivity index (χ1n) is 11.5. The Morgan fingerprint density at radius 1 is 0.938 bits per heavy atom. The first-order chi connectivity index (χ1) is 15.4. The molecule has 0 radical (unpaired) electrons. The Morgan fingerprint density at radius 3 is 2.34 bits per heavy atom. The molecule has 5 rings (SSSR count). The number of ketones is 1. The number of fused-ring (bicyclic) bond motifs is 5. The van der Waals surface area contributed by atoms with E-state index < -0.39 is 17.9 Å². The average Bonchev–Trinajstić information content (AvgIpc) is 3.25. The van der Waals surface area contributed by atoms with Crippen molar-refractivity contribution in [3.63, 3.8) is 0 Å². The standard InChI is InChI=1S/C27H28N2O3/c1-4-5-14-28-26(31)22-21-15-17(3)19-8-6-7-9-20(19)29(21)24(23(22)27(28)32)25(30)18-12-10-16(2)11-13-18/h6-13,15,21-24H,4-5,14H2,1-3H3/t21-,22+,23-,24+/m1/s1. The second-order valence-electron chi connectivity index (χ2n) is 9.17. The van der Waals surface area contributed by atoms with Gasteiger partial charge in [0.2, 0.25) is 11.8 Å². The summed E-state index contributed by atoms with van der Waals surface area (Å²) in [6, 6.07) is 14.5. The maximum absolute atomic E-state index is 13.9. The number of aryl methyl sites for hydroxylation is 1. The minimum absolute atomic E-state index is 0.0938. The first-order valence-corrected chi connectivity index (χ1v) is 11.5. The monoisotopic (exact) mass is 428 g/mol. The zero-order valence-electron chi connectivity index (χ0n) is 18.7. The summed E-state index contributed by atoms with van der Waals surface area (Å²) in [5.41, 5.74) is 4.71. The van der Waals surface area contributed by atoms with Crippen molar-refractivity contribution in [2.45, 2.75) is 45.7 Å². The van der Waals surface area contributed by atoms with Crippen LogP contribution in [0.5, 0.6) is 0 Å². The maximum atomic E-state index is 13.9. The van der Waals surface area contributed by atoms with Gasteiger partial charge in [0.25, 0.3) is 0 Å². The van der Waals surface area contributed by atoms with E-state index in [4.69, 9.17) is 0 Å². The SMILES string of the molecule is CCCCN1C(=O)[C@@H]2[C@@H](C1=O)[C@@H](C(=O)c1ccc(C)cc1)N1c3ccccc3C(C)=C[C@H]21. The number of para-hydroxylation sites is 1. The molecule has 2 fully saturated rings. The normalized spacial score (nSPS) is 26.0. The predicted molar refractivity (Wildman–Crippen MR) is 124 cm³/mol. The van der Waals surface area contributed by atoms with Gasteiger partial charge >= 0.3 is 0 Å². The number of unbranched alkanes of at least 4 members (excludes halogenated alkanes) is 1. The quantitative estimate of drug-likeness (QED) is 0.528. The molecule has 164 valence electrons. The highest BCUT2D eigenvalue weighted by molar-refractivity contribution is 6.14. The Kier molecular flexibility index (Phi) is 5.00. The second-order valence-corrected chi connectivity index (χ2v) is 9.17. The van der Waals surface area contributed by atoms with Gasteiger partial charge in [-0.1, -0.05) is 67.4 Å². The van der Waals surface area contributed by atoms with Crippen LogP contribution in [0.1, 0.15) is 48.2 Å². The van der Waals surface area contributed by atoms with Crippen molar-refractivity contribution in [2.75, 3.05) is 11.4 Å². The van der Waals surface area contributed by atoms with E-state index in [9.17, 15) is 14.4 Å². The molecule has 2 aromatic carbocycles. The van der Waals surface area contributed by atoms with E-state index in [-0.39, 0.29) is 23.6 Å². The number of allylic oxidation sites excluding steroid dienone is 1. The lowest BCUT2D eigenvalue weighted by atomic mass is 9.85. The Balaban J connectivity index is 1.64. The van der Waals surface area contributed by atoms with Crippen LogP contribution in [-0.4, -0.2) is 41.1 Å². The molecule has 2 amide bonds. The molecule has 0 saturated carbocycles. The maximum Gasteiger partial charge on any atom is 0.235 e. The fourth-order valence-corrected chi connectivity index (χ4v) is 5.58. The van der Waals surface area contributed by atoms with Gasteiger partial charge in [0.15, 0.2) is 5.78 Å². The molecule has 32 heavy (non-hydrogen) atoms. The molecule has 0 unspecified atom stereocenters. The van der Waals surface area contributed by atoms with E-state index in [0.717, 1.165) is 35.2 Å². The molecule has 4 atom stereocenters. The summed E-state index contributed by atoms with van der Waals surface area (Å²) in [5, 5.41) is 0. The van der Waals surface area contributed by atoms with Crippen molar-refractivity contribution in [1.82, 2.24) is 4.90 Å². The highest BCUT2D eigenvalue weighted by Crippen LogP contribution is 2.50. The number of hydrogen-bond acceptors (Lipinski definition) is 4. The molecule has 2 aromatic rings. The van der Waals surface area contributed by atoms with Crippen molar-refractivity contribution in [3.05, 3.63) is 71.3 Å². The van der Waals surface area contributed by atoms with Crippen molar-refractivity contribution in [1.29, 1.82) is 0 Å². The van der Waals surface area contributed by atoms with Crippen molar-refractivity contribution >= 4 is 28.9 Å². The van der Waals surface area contributed by atoms with Gasteiger partial charge in [-0.2, -0.15) is 0 Å². The van der Waals surface area contributed by atoms with Crippen molar-refractivity contribution < 1.29 is 14.4 Å². The van der Waals surface area contributed by atoms with Gasteiger partial charge in [0, 0.05) is 23.4 Å². The molecule has 0 N–H and O–H groups in total. The fourth-order valence-electron chi connectivity index (χ4n) is 5.58. The molecular weight excluding hydrogens is 400 g/mol. The van der Waals surface area contributed by atoms with Crippen molar-refractivity contribution in [3.8, 4) is 0 Å². The molecule has 2 saturated heterocycles. The lowest BCUT2D eigenvalue weighted by Gasteiger charge is -2.38. The predicted octanol–water partition coefficient (Wildman–Crippen LogP) is 4.25. The minimum atomic E-state index is -0.693. The molecular formula is C27H28N2O3. The van der Waals surface area contributed by atoms with Gasteiger partial charge < -0.3 is 4.90 Å². The van der Waals surface area contributed by atoms with Gasteiger partial charge in [-0.05, 0) is 31.9 Å². The number of likely N-dealkylation sites (tertiary alicyclic amines) is 1. The van der Waals surface area contributed by atoms with Gasteiger partial charge in [-0.25, -0.2) is 0 Å². The van der Waals surface area contributed by atoms with E-state index in [1.165, 1.54) is 4.90 Å². The van der Waals surface area contributed by atoms with Gasteiger partial charge in [0.1, 0.15) is 6.04 Å². The highest BCUT2D eigenvalue weighted by Gasteiger charge is 2.64. The van der Waals surface area contributed by atoms with Crippen LogP contribution in [-0.2, 0) is 9.59 Å². The molecule has 5 heteroatoms. The summed E-state index contributed by atoms with van der Waals surface area (Å²) in [6.45, 7) is 6.49. The summed E-state index contributed by atoms with van der Waals surface area (Å²) in [6.07, 6.45) is 3.76. The Labute approximate surface area is 188 Å². The number of imide groups is 1. The lowest BCUT2D eigenvalue weighted by molar-refractivity contribution is -0.140. The van der Waals surface area contributed by atoms with E-state index in [1.807, 2.05) is 74.2 Å². The number of hydrogen-bond donors (Lipinski definition) is 0. The van der Waals surface area contributed by atoms with Gasteiger partial charge in [-0.15, -0.1) is 0 Å². The molecule has 5 nitrogen and oxygen atoms in total. The van der Waals surface area contributed by atoms with Crippen LogP contribution < -0.4 is 4.90 Å². The largest absolute Gasteiger partial charge is 0.352 e. The molecule has 0 aromatic heterocycles.